The topological polar surface area (TPSA) is 37.7 Å². The van der Waals surface area contributed by atoms with Crippen LogP contribution in [-0.2, 0) is 12.8 Å². The van der Waals surface area contributed by atoms with E-state index in [-0.39, 0.29) is 6.10 Å². The summed E-state index contributed by atoms with van der Waals surface area (Å²) < 4.78 is 7.09. The first-order chi connectivity index (χ1) is 15.0. The number of pyridine rings is 1. The summed E-state index contributed by atoms with van der Waals surface area (Å²) in [6.45, 7) is 7.02. The Morgan fingerprint density at radius 3 is 2.55 bits per heavy atom. The van der Waals surface area contributed by atoms with Crippen molar-refractivity contribution in [2.45, 2.75) is 39.7 Å². The monoisotopic (exact) mass is 479 g/mol. The Bertz CT molecular complexity index is 1020. The van der Waals surface area contributed by atoms with Crippen LogP contribution < -0.4 is 4.74 Å². The Labute approximate surface area is 194 Å². The molecular formula is C26H30BrN3O. The van der Waals surface area contributed by atoms with Gasteiger partial charge in [0, 0.05) is 13.6 Å². The molecule has 2 aromatic carbocycles. The van der Waals surface area contributed by atoms with Gasteiger partial charge in [0.25, 0.3) is 0 Å². The molecule has 4 nitrogen and oxygen atoms in total. The summed E-state index contributed by atoms with van der Waals surface area (Å²) in [6.07, 6.45) is 3.68. The molecule has 0 aliphatic rings. The molecule has 0 radical (unpaired) electrons. The summed E-state index contributed by atoms with van der Waals surface area (Å²) in [5.41, 5.74) is 5.50. The van der Waals surface area contributed by atoms with Crippen molar-refractivity contribution in [2.75, 3.05) is 13.6 Å². The summed E-state index contributed by atoms with van der Waals surface area (Å²) in [5.74, 6) is 0.589. The van der Waals surface area contributed by atoms with E-state index in [0.29, 0.717) is 5.88 Å². The number of aliphatic imine (C=N–C) groups is 1. The average molecular weight is 480 g/mol. The highest BCUT2D eigenvalue weighted by molar-refractivity contribution is 9.10. The van der Waals surface area contributed by atoms with Crippen molar-refractivity contribution < 1.29 is 4.74 Å². The fraction of sp³-hybridized carbons (Fsp3) is 0.308. The fourth-order valence-electron chi connectivity index (χ4n) is 3.32. The van der Waals surface area contributed by atoms with Crippen LogP contribution in [0.25, 0.3) is 0 Å². The van der Waals surface area contributed by atoms with Gasteiger partial charge in [-0.05, 0) is 72.3 Å². The summed E-state index contributed by atoms with van der Waals surface area (Å²) in [5, 5.41) is 0. The van der Waals surface area contributed by atoms with Crippen LogP contribution in [-0.4, -0.2) is 29.8 Å². The van der Waals surface area contributed by atoms with Crippen molar-refractivity contribution in [2.24, 2.45) is 4.99 Å². The second-order valence-corrected chi connectivity index (χ2v) is 8.50. The van der Waals surface area contributed by atoms with E-state index in [0.717, 1.165) is 35.2 Å². The predicted molar refractivity (Wildman–Crippen MR) is 132 cm³/mol. The minimum Gasteiger partial charge on any atom is -0.469 e. The van der Waals surface area contributed by atoms with Gasteiger partial charge >= 0.3 is 0 Å². The summed E-state index contributed by atoms with van der Waals surface area (Å²) >= 11 is 3.61. The molecule has 0 saturated carbocycles. The van der Waals surface area contributed by atoms with Crippen LogP contribution in [0.15, 0.2) is 70.1 Å². The van der Waals surface area contributed by atoms with Crippen LogP contribution in [0, 0.1) is 6.92 Å². The SMILES string of the molecule is CCN(C)C=Nc1cc(Br)c(OC(C)c2ccccc2CCc2ccccc2)nc1C. The lowest BCUT2D eigenvalue weighted by Crippen LogP contribution is -2.14. The molecule has 31 heavy (non-hydrogen) atoms. The van der Waals surface area contributed by atoms with Crippen LogP contribution in [0.1, 0.15) is 42.3 Å². The van der Waals surface area contributed by atoms with Gasteiger partial charge in [0.2, 0.25) is 5.88 Å². The molecule has 0 aliphatic carbocycles. The van der Waals surface area contributed by atoms with Crippen LogP contribution in [0.3, 0.4) is 0 Å². The molecule has 0 saturated heterocycles. The molecule has 0 amide bonds. The zero-order valence-corrected chi connectivity index (χ0v) is 20.3. The molecule has 0 N–H and O–H groups in total. The highest BCUT2D eigenvalue weighted by Gasteiger charge is 2.16. The Balaban J connectivity index is 1.75. The third kappa shape index (κ3) is 6.41. The number of ether oxygens (including phenoxy) is 1. The lowest BCUT2D eigenvalue weighted by molar-refractivity contribution is 0.214. The van der Waals surface area contributed by atoms with Gasteiger partial charge in [-0.1, -0.05) is 54.6 Å². The quantitative estimate of drug-likeness (QED) is 0.253. The molecule has 1 atom stereocenters. The van der Waals surface area contributed by atoms with E-state index in [1.54, 1.807) is 0 Å². The first-order valence-corrected chi connectivity index (χ1v) is 11.5. The van der Waals surface area contributed by atoms with Gasteiger partial charge in [-0.15, -0.1) is 0 Å². The summed E-state index contributed by atoms with van der Waals surface area (Å²) in [6, 6.07) is 21.0. The van der Waals surface area contributed by atoms with Gasteiger partial charge in [0.1, 0.15) is 6.10 Å². The van der Waals surface area contributed by atoms with Crippen molar-refractivity contribution in [1.29, 1.82) is 0 Å². The van der Waals surface area contributed by atoms with Crippen molar-refractivity contribution in [3.05, 3.63) is 87.5 Å². The Kier molecular flexibility index (Phi) is 8.24. The van der Waals surface area contributed by atoms with Crippen molar-refractivity contribution in [3.63, 3.8) is 0 Å². The minimum atomic E-state index is -0.115. The van der Waals surface area contributed by atoms with Crippen LogP contribution in [0.2, 0.25) is 0 Å². The highest BCUT2D eigenvalue weighted by atomic mass is 79.9. The third-order valence-corrected chi connectivity index (χ3v) is 5.88. The van der Waals surface area contributed by atoms with E-state index in [1.807, 2.05) is 31.3 Å². The molecule has 0 aliphatic heterocycles. The van der Waals surface area contributed by atoms with E-state index in [1.165, 1.54) is 16.7 Å². The molecule has 5 heteroatoms. The number of rotatable bonds is 9. The van der Waals surface area contributed by atoms with E-state index in [2.05, 4.69) is 94.4 Å². The first-order valence-electron chi connectivity index (χ1n) is 10.7. The van der Waals surface area contributed by atoms with Crippen molar-refractivity contribution in [1.82, 2.24) is 9.88 Å². The number of hydrogen-bond donors (Lipinski definition) is 0. The van der Waals surface area contributed by atoms with Crippen molar-refractivity contribution >= 4 is 28.0 Å². The van der Waals surface area contributed by atoms with E-state index in [4.69, 9.17) is 4.74 Å². The zero-order valence-electron chi connectivity index (χ0n) is 18.7. The van der Waals surface area contributed by atoms with Crippen LogP contribution >= 0.6 is 15.9 Å². The largest absolute Gasteiger partial charge is 0.469 e. The number of halogens is 1. The van der Waals surface area contributed by atoms with Gasteiger partial charge in [-0.25, -0.2) is 9.98 Å². The molecule has 3 aromatic rings. The van der Waals surface area contributed by atoms with E-state index in [9.17, 15) is 0 Å². The highest BCUT2D eigenvalue weighted by Crippen LogP contribution is 2.33. The number of benzene rings is 2. The smallest absolute Gasteiger partial charge is 0.228 e. The standard InChI is InChI=1S/C26H30BrN3O/c1-5-30(4)18-28-25-17-24(27)26(29-19(25)2)31-20(3)23-14-10-9-13-22(23)16-15-21-11-7-6-8-12-21/h6-14,17-18,20H,5,15-16H2,1-4H3. The zero-order chi connectivity index (χ0) is 22.2. The Morgan fingerprint density at radius 2 is 1.81 bits per heavy atom. The van der Waals surface area contributed by atoms with Gasteiger partial charge in [0.05, 0.1) is 22.2 Å². The number of nitrogens with zero attached hydrogens (tertiary/aromatic N) is 3. The van der Waals surface area contributed by atoms with Gasteiger partial charge in [-0.2, -0.15) is 0 Å². The van der Waals surface area contributed by atoms with Crippen LogP contribution in [0.4, 0.5) is 5.69 Å². The van der Waals surface area contributed by atoms with E-state index < -0.39 is 0 Å². The average Bonchev–Trinajstić information content (AvgIpc) is 2.79. The number of aryl methyl sites for hydroxylation is 3. The lowest BCUT2D eigenvalue weighted by Gasteiger charge is -2.19. The first kappa shape index (κ1) is 23.0. The maximum Gasteiger partial charge on any atom is 0.228 e. The minimum absolute atomic E-state index is 0.115. The maximum absolute atomic E-state index is 6.29. The summed E-state index contributed by atoms with van der Waals surface area (Å²) in [4.78, 5) is 11.2. The van der Waals surface area contributed by atoms with E-state index >= 15 is 0 Å². The molecule has 0 bridgehead atoms. The van der Waals surface area contributed by atoms with Gasteiger partial charge in [0.15, 0.2) is 0 Å². The molecular weight excluding hydrogens is 450 g/mol. The molecule has 162 valence electrons. The van der Waals surface area contributed by atoms with Gasteiger partial charge < -0.3 is 9.64 Å². The molecule has 1 unspecified atom stereocenters. The molecule has 0 fully saturated rings. The number of hydrogen-bond acceptors (Lipinski definition) is 3. The second-order valence-electron chi connectivity index (χ2n) is 7.64. The molecule has 3 rings (SSSR count). The van der Waals surface area contributed by atoms with Crippen molar-refractivity contribution in [3.8, 4) is 5.88 Å². The molecule has 1 aromatic heterocycles. The van der Waals surface area contributed by atoms with Gasteiger partial charge in [-0.3, -0.25) is 0 Å². The Hall–Kier alpha value is -2.66. The third-order valence-electron chi connectivity index (χ3n) is 5.31. The second kappa shape index (κ2) is 11.1. The van der Waals surface area contributed by atoms with Crippen LogP contribution in [0.5, 0.6) is 5.88 Å². The number of aromatic nitrogens is 1. The maximum atomic E-state index is 6.29. The lowest BCUT2D eigenvalue weighted by atomic mass is 9.97. The normalized spacial score (nSPS) is 12.2. The summed E-state index contributed by atoms with van der Waals surface area (Å²) in [7, 11) is 2.00. The Morgan fingerprint density at radius 1 is 1.10 bits per heavy atom. The molecule has 1 heterocycles. The predicted octanol–water partition coefficient (Wildman–Crippen LogP) is 6.69. The fourth-order valence-corrected chi connectivity index (χ4v) is 3.72. The molecule has 0 spiro atoms.